The van der Waals surface area contributed by atoms with Crippen molar-refractivity contribution in [1.82, 2.24) is 0 Å². The van der Waals surface area contributed by atoms with Gasteiger partial charge in [0.05, 0.1) is 6.10 Å². The van der Waals surface area contributed by atoms with Crippen LogP contribution < -0.4 is 0 Å². The Kier molecular flexibility index (Phi) is 11.1. The number of hydrogen-bond acceptors (Lipinski definition) is 4. The van der Waals surface area contributed by atoms with Gasteiger partial charge in [-0.05, 0) is 111 Å². The second-order valence-corrected chi connectivity index (χ2v) is 15.0. The molecule has 0 aromatic heterocycles. The van der Waals surface area contributed by atoms with Gasteiger partial charge in [-0.25, -0.2) is 0 Å². The summed E-state index contributed by atoms with van der Waals surface area (Å²) >= 11 is 0. The highest BCUT2D eigenvalue weighted by molar-refractivity contribution is 5.69. The van der Waals surface area contributed by atoms with Crippen LogP contribution in [-0.2, 0) is 14.3 Å². The van der Waals surface area contributed by atoms with E-state index < -0.39 is 5.97 Å². The minimum atomic E-state index is -0.712. The van der Waals surface area contributed by atoms with Crippen LogP contribution in [0.2, 0.25) is 0 Å². The number of unbranched alkanes of at least 4 members (excludes halogenated alkanes) is 7. The molecule has 0 amide bonds. The standard InChI is InChI=1S/C35H60O5/c1-5-6-7-8-9-10-11-12-13-33(39)40-26-20-21-34(3)25(22-26)15-16-27-29-18-17-28(24(2)14-19-32(37)38)35(29,4)31(36)23-30(27)34/h24-31,36H,5-23H2,1-4H3,(H,37,38). The monoisotopic (exact) mass is 560 g/mol. The van der Waals surface area contributed by atoms with Crippen LogP contribution in [0.5, 0.6) is 0 Å². The zero-order valence-electron chi connectivity index (χ0n) is 26.2. The van der Waals surface area contributed by atoms with Gasteiger partial charge < -0.3 is 14.9 Å². The van der Waals surface area contributed by atoms with Crippen LogP contribution in [0.4, 0.5) is 0 Å². The van der Waals surface area contributed by atoms with Crippen molar-refractivity contribution in [1.29, 1.82) is 0 Å². The molecule has 0 saturated heterocycles. The van der Waals surface area contributed by atoms with E-state index in [9.17, 15) is 19.8 Å². The molecule has 10 unspecified atom stereocenters. The molecule has 4 rings (SSSR count). The minimum absolute atomic E-state index is 0.00569. The Hall–Kier alpha value is -1.10. The van der Waals surface area contributed by atoms with E-state index in [1.807, 2.05) is 0 Å². The molecule has 0 bridgehead atoms. The lowest BCUT2D eigenvalue weighted by Gasteiger charge is -2.62. The Morgan fingerprint density at radius 3 is 2.27 bits per heavy atom. The summed E-state index contributed by atoms with van der Waals surface area (Å²) in [6.07, 6.45) is 19.9. The number of aliphatic carboxylic acids is 1. The molecule has 0 aromatic carbocycles. The van der Waals surface area contributed by atoms with Gasteiger partial charge >= 0.3 is 11.9 Å². The molecule has 4 aliphatic carbocycles. The van der Waals surface area contributed by atoms with Crippen molar-refractivity contribution in [3.8, 4) is 0 Å². The van der Waals surface area contributed by atoms with Crippen molar-refractivity contribution >= 4 is 11.9 Å². The van der Waals surface area contributed by atoms with Crippen LogP contribution in [0, 0.1) is 46.3 Å². The molecule has 4 aliphatic rings. The largest absolute Gasteiger partial charge is 0.481 e. The van der Waals surface area contributed by atoms with E-state index in [2.05, 4.69) is 27.7 Å². The topological polar surface area (TPSA) is 83.8 Å². The van der Waals surface area contributed by atoms with Gasteiger partial charge in [-0.1, -0.05) is 72.6 Å². The fourth-order valence-corrected chi connectivity index (χ4v) is 10.5. The lowest BCUT2D eigenvalue weighted by atomic mass is 9.43. The maximum atomic E-state index is 12.6. The molecule has 0 spiro atoms. The number of aliphatic hydroxyl groups excluding tert-OH is 1. The quantitative estimate of drug-likeness (QED) is 0.164. The second-order valence-electron chi connectivity index (χ2n) is 15.0. The Labute approximate surface area is 244 Å². The van der Waals surface area contributed by atoms with Gasteiger partial charge in [0.25, 0.3) is 0 Å². The summed E-state index contributed by atoms with van der Waals surface area (Å²) in [6, 6.07) is 0. The van der Waals surface area contributed by atoms with E-state index in [4.69, 9.17) is 4.74 Å². The molecule has 0 aliphatic heterocycles. The molecule has 0 heterocycles. The van der Waals surface area contributed by atoms with Gasteiger partial charge in [0.2, 0.25) is 0 Å². The van der Waals surface area contributed by atoms with Gasteiger partial charge in [0.15, 0.2) is 0 Å². The third kappa shape index (κ3) is 6.76. The predicted octanol–water partition coefficient (Wildman–Crippen LogP) is 8.56. The maximum Gasteiger partial charge on any atom is 0.306 e. The van der Waals surface area contributed by atoms with E-state index in [1.54, 1.807) is 0 Å². The molecule has 5 heteroatoms. The molecule has 4 saturated carbocycles. The van der Waals surface area contributed by atoms with Crippen molar-refractivity contribution in [2.24, 2.45) is 46.3 Å². The molecular weight excluding hydrogens is 500 g/mol. The first-order chi connectivity index (χ1) is 19.1. The summed E-state index contributed by atoms with van der Waals surface area (Å²) in [5, 5.41) is 21.0. The number of carbonyl (C=O) groups excluding carboxylic acids is 1. The third-order valence-corrected chi connectivity index (χ3v) is 12.8. The molecule has 5 nitrogen and oxygen atoms in total. The Morgan fingerprint density at radius 1 is 0.875 bits per heavy atom. The second kappa shape index (κ2) is 13.9. The highest BCUT2D eigenvalue weighted by atomic mass is 16.5. The predicted molar refractivity (Wildman–Crippen MR) is 160 cm³/mol. The Balaban J connectivity index is 1.28. The lowest BCUT2D eigenvalue weighted by Crippen LogP contribution is -2.59. The van der Waals surface area contributed by atoms with Gasteiger partial charge in [0, 0.05) is 12.8 Å². The van der Waals surface area contributed by atoms with E-state index in [0.29, 0.717) is 48.3 Å². The van der Waals surface area contributed by atoms with Gasteiger partial charge in [0.1, 0.15) is 6.10 Å². The van der Waals surface area contributed by atoms with Crippen molar-refractivity contribution in [2.45, 2.75) is 162 Å². The van der Waals surface area contributed by atoms with E-state index in [1.165, 1.54) is 57.8 Å². The van der Waals surface area contributed by atoms with Crippen molar-refractivity contribution in [3.63, 3.8) is 0 Å². The molecule has 10 atom stereocenters. The summed E-state index contributed by atoms with van der Waals surface area (Å²) in [4.78, 5) is 23.9. The number of carboxylic acid groups (broad SMARTS) is 1. The van der Waals surface area contributed by atoms with Crippen LogP contribution in [0.25, 0.3) is 0 Å². The average molecular weight is 561 g/mol. The molecule has 230 valence electrons. The summed E-state index contributed by atoms with van der Waals surface area (Å²) < 4.78 is 6.04. The van der Waals surface area contributed by atoms with Crippen LogP contribution in [0.15, 0.2) is 0 Å². The molecule has 4 fully saturated rings. The van der Waals surface area contributed by atoms with E-state index >= 15 is 0 Å². The number of fused-ring (bicyclic) bond motifs is 5. The molecule has 40 heavy (non-hydrogen) atoms. The number of rotatable bonds is 14. The number of carbonyl (C=O) groups is 2. The van der Waals surface area contributed by atoms with Crippen LogP contribution in [0.1, 0.15) is 150 Å². The Morgan fingerprint density at radius 2 is 1.57 bits per heavy atom. The van der Waals surface area contributed by atoms with Gasteiger partial charge in [-0.3, -0.25) is 9.59 Å². The molecule has 0 radical (unpaired) electrons. The maximum absolute atomic E-state index is 12.6. The molecule has 0 aromatic rings. The van der Waals surface area contributed by atoms with E-state index in [0.717, 1.165) is 44.9 Å². The lowest BCUT2D eigenvalue weighted by molar-refractivity contribution is -0.181. The summed E-state index contributed by atoms with van der Waals surface area (Å²) in [6.45, 7) is 9.30. The van der Waals surface area contributed by atoms with Gasteiger partial charge in [-0.15, -0.1) is 0 Å². The zero-order valence-corrected chi connectivity index (χ0v) is 26.2. The normalized spacial score (nSPS) is 39.6. The summed E-state index contributed by atoms with van der Waals surface area (Å²) in [7, 11) is 0. The first-order valence-electron chi connectivity index (χ1n) is 17.2. The first-order valence-corrected chi connectivity index (χ1v) is 17.2. The van der Waals surface area contributed by atoms with Crippen molar-refractivity contribution in [2.75, 3.05) is 0 Å². The SMILES string of the molecule is CCCCCCCCCCC(=O)OC1CCC2(C)C(CCC3C2CC(O)C2(C)C(C(C)CCC(=O)O)CCC32)C1. The number of ether oxygens (including phenoxy) is 1. The van der Waals surface area contributed by atoms with Crippen LogP contribution >= 0.6 is 0 Å². The van der Waals surface area contributed by atoms with Crippen molar-refractivity contribution in [3.05, 3.63) is 0 Å². The third-order valence-electron chi connectivity index (χ3n) is 12.8. The molecular formula is C35H60O5. The van der Waals surface area contributed by atoms with Crippen LogP contribution in [0.3, 0.4) is 0 Å². The highest BCUT2D eigenvalue weighted by Gasteiger charge is 2.63. The molecule has 2 N–H and O–H groups in total. The number of esters is 1. The minimum Gasteiger partial charge on any atom is -0.481 e. The first kappa shape index (κ1) is 31.8. The van der Waals surface area contributed by atoms with Crippen molar-refractivity contribution < 1.29 is 24.5 Å². The number of hydrogen-bond donors (Lipinski definition) is 2. The summed E-state index contributed by atoms with van der Waals surface area (Å²) in [5.41, 5.74) is 0.128. The average Bonchev–Trinajstić information content (AvgIpc) is 3.28. The summed E-state index contributed by atoms with van der Waals surface area (Å²) in [5.74, 6) is 2.36. The Bertz CT molecular complexity index is 842. The van der Waals surface area contributed by atoms with Crippen LogP contribution in [-0.4, -0.2) is 34.4 Å². The van der Waals surface area contributed by atoms with E-state index in [-0.39, 0.29) is 35.4 Å². The van der Waals surface area contributed by atoms with Gasteiger partial charge in [-0.2, -0.15) is 0 Å². The number of carboxylic acids is 1. The fourth-order valence-electron chi connectivity index (χ4n) is 10.5. The number of aliphatic hydroxyl groups is 1. The highest BCUT2D eigenvalue weighted by Crippen LogP contribution is 2.68. The smallest absolute Gasteiger partial charge is 0.306 e. The zero-order chi connectivity index (χ0) is 28.9. The fraction of sp³-hybridized carbons (Fsp3) is 0.943.